The standard InChI is InChI=1S/C13H21N5.ClH/c1-5-17-8-12(10(3)15-17)7-14-13-9-18(6-2)16-11(13)4;/h8-9,14H,5-7H2,1-4H3;1H. The Morgan fingerprint density at radius 3 is 2.11 bits per heavy atom. The van der Waals surface area contributed by atoms with Crippen LogP contribution in [0.5, 0.6) is 0 Å². The highest BCUT2D eigenvalue weighted by atomic mass is 35.5. The Labute approximate surface area is 120 Å². The summed E-state index contributed by atoms with van der Waals surface area (Å²) in [5, 5.41) is 12.3. The predicted molar refractivity (Wildman–Crippen MR) is 79.9 cm³/mol. The molecule has 0 amide bonds. The van der Waals surface area contributed by atoms with Crippen LogP contribution in [0.3, 0.4) is 0 Å². The van der Waals surface area contributed by atoms with Crippen LogP contribution < -0.4 is 5.32 Å². The predicted octanol–water partition coefficient (Wildman–Crippen LogP) is 2.77. The fourth-order valence-electron chi connectivity index (χ4n) is 1.94. The Kier molecular flexibility index (Phi) is 5.42. The van der Waals surface area contributed by atoms with Gasteiger partial charge in [0.25, 0.3) is 0 Å². The molecule has 0 atom stereocenters. The maximum Gasteiger partial charge on any atom is 0.0825 e. The van der Waals surface area contributed by atoms with Crippen molar-refractivity contribution in [3.8, 4) is 0 Å². The molecule has 2 aromatic heterocycles. The summed E-state index contributed by atoms with van der Waals surface area (Å²) in [6.07, 6.45) is 4.15. The molecule has 0 radical (unpaired) electrons. The number of rotatable bonds is 5. The van der Waals surface area contributed by atoms with Gasteiger partial charge in [0, 0.05) is 37.6 Å². The van der Waals surface area contributed by atoms with Crippen molar-refractivity contribution in [2.45, 2.75) is 47.3 Å². The van der Waals surface area contributed by atoms with Crippen molar-refractivity contribution >= 4 is 18.1 Å². The van der Waals surface area contributed by atoms with Crippen LogP contribution in [-0.4, -0.2) is 19.6 Å². The fourth-order valence-corrected chi connectivity index (χ4v) is 1.94. The van der Waals surface area contributed by atoms with Crippen LogP contribution >= 0.6 is 12.4 Å². The number of aromatic nitrogens is 4. The molecule has 5 nitrogen and oxygen atoms in total. The Bertz CT molecular complexity index is 481. The van der Waals surface area contributed by atoms with Gasteiger partial charge in [0.2, 0.25) is 0 Å². The van der Waals surface area contributed by atoms with Crippen molar-refractivity contribution in [1.82, 2.24) is 19.6 Å². The lowest BCUT2D eigenvalue weighted by Crippen LogP contribution is -2.00. The largest absolute Gasteiger partial charge is 0.378 e. The van der Waals surface area contributed by atoms with E-state index in [1.165, 1.54) is 5.56 Å². The van der Waals surface area contributed by atoms with Gasteiger partial charge in [-0.05, 0) is 27.7 Å². The van der Waals surface area contributed by atoms with Crippen molar-refractivity contribution in [2.24, 2.45) is 0 Å². The van der Waals surface area contributed by atoms with Gasteiger partial charge in [-0.2, -0.15) is 10.2 Å². The molecule has 19 heavy (non-hydrogen) atoms. The van der Waals surface area contributed by atoms with Crippen LogP contribution in [0, 0.1) is 13.8 Å². The van der Waals surface area contributed by atoms with E-state index in [1.54, 1.807) is 0 Å². The van der Waals surface area contributed by atoms with Crippen LogP contribution in [0.2, 0.25) is 0 Å². The smallest absolute Gasteiger partial charge is 0.0825 e. The zero-order chi connectivity index (χ0) is 13.1. The summed E-state index contributed by atoms with van der Waals surface area (Å²) in [5.74, 6) is 0. The molecule has 1 N–H and O–H groups in total. The second kappa shape index (κ2) is 6.61. The second-order valence-corrected chi connectivity index (χ2v) is 4.43. The normalized spacial score (nSPS) is 10.3. The lowest BCUT2D eigenvalue weighted by molar-refractivity contribution is 0.653. The molecule has 0 unspecified atom stereocenters. The van der Waals surface area contributed by atoms with Gasteiger partial charge < -0.3 is 5.32 Å². The molecule has 0 aromatic carbocycles. The molecular formula is C13H22ClN5. The summed E-state index contributed by atoms with van der Waals surface area (Å²) in [6, 6.07) is 0. The minimum atomic E-state index is 0. The van der Waals surface area contributed by atoms with Gasteiger partial charge in [0.05, 0.1) is 17.1 Å². The Balaban J connectivity index is 0.00000180. The first-order valence-corrected chi connectivity index (χ1v) is 6.44. The highest BCUT2D eigenvalue weighted by molar-refractivity contribution is 5.85. The Morgan fingerprint density at radius 1 is 1.00 bits per heavy atom. The molecule has 106 valence electrons. The van der Waals surface area contributed by atoms with Gasteiger partial charge in [-0.15, -0.1) is 12.4 Å². The molecule has 0 spiro atoms. The van der Waals surface area contributed by atoms with Crippen LogP contribution in [0.15, 0.2) is 12.4 Å². The highest BCUT2D eigenvalue weighted by Crippen LogP contribution is 2.15. The zero-order valence-electron chi connectivity index (χ0n) is 12.0. The van der Waals surface area contributed by atoms with Gasteiger partial charge in [-0.25, -0.2) is 0 Å². The molecule has 0 aliphatic carbocycles. The summed E-state index contributed by atoms with van der Waals surface area (Å²) in [4.78, 5) is 0. The third-order valence-electron chi connectivity index (χ3n) is 3.11. The monoisotopic (exact) mass is 283 g/mol. The average molecular weight is 284 g/mol. The van der Waals surface area contributed by atoms with Crippen LogP contribution in [0.25, 0.3) is 0 Å². The summed E-state index contributed by atoms with van der Waals surface area (Å²) in [5.41, 5.74) is 4.46. The molecule has 0 bridgehead atoms. The first kappa shape index (κ1) is 15.6. The highest BCUT2D eigenvalue weighted by Gasteiger charge is 2.07. The maximum absolute atomic E-state index is 4.44. The molecule has 0 saturated heterocycles. The molecule has 0 fully saturated rings. The lowest BCUT2D eigenvalue weighted by Gasteiger charge is -2.03. The Morgan fingerprint density at radius 2 is 1.58 bits per heavy atom. The first-order valence-electron chi connectivity index (χ1n) is 6.44. The van der Waals surface area contributed by atoms with Gasteiger partial charge in [-0.3, -0.25) is 9.36 Å². The number of aryl methyl sites for hydroxylation is 4. The van der Waals surface area contributed by atoms with E-state index < -0.39 is 0 Å². The van der Waals surface area contributed by atoms with Crippen molar-refractivity contribution in [1.29, 1.82) is 0 Å². The van der Waals surface area contributed by atoms with Crippen LogP contribution in [0.1, 0.15) is 30.8 Å². The number of halogens is 1. The zero-order valence-corrected chi connectivity index (χ0v) is 12.8. The van der Waals surface area contributed by atoms with Crippen LogP contribution in [-0.2, 0) is 19.6 Å². The summed E-state index contributed by atoms with van der Waals surface area (Å²) >= 11 is 0. The van der Waals surface area contributed by atoms with Crippen molar-refractivity contribution < 1.29 is 0 Å². The van der Waals surface area contributed by atoms with E-state index in [2.05, 4.69) is 41.8 Å². The van der Waals surface area contributed by atoms with E-state index in [-0.39, 0.29) is 12.4 Å². The van der Waals surface area contributed by atoms with Gasteiger partial charge in [0.15, 0.2) is 0 Å². The third-order valence-corrected chi connectivity index (χ3v) is 3.11. The van der Waals surface area contributed by atoms with Gasteiger partial charge in [-0.1, -0.05) is 0 Å². The second-order valence-electron chi connectivity index (χ2n) is 4.43. The summed E-state index contributed by atoms with van der Waals surface area (Å²) in [7, 11) is 0. The van der Waals surface area contributed by atoms with Crippen molar-refractivity contribution in [3.63, 3.8) is 0 Å². The molecule has 6 heteroatoms. The average Bonchev–Trinajstić information content (AvgIpc) is 2.90. The molecule has 0 aliphatic rings. The molecule has 2 aromatic rings. The van der Waals surface area contributed by atoms with E-state index in [9.17, 15) is 0 Å². The lowest BCUT2D eigenvalue weighted by atomic mass is 10.2. The first-order chi connectivity index (χ1) is 8.63. The van der Waals surface area contributed by atoms with E-state index in [0.29, 0.717) is 0 Å². The number of anilines is 1. The van der Waals surface area contributed by atoms with Gasteiger partial charge in [0.1, 0.15) is 0 Å². The minimum Gasteiger partial charge on any atom is -0.378 e. The van der Waals surface area contributed by atoms with Gasteiger partial charge >= 0.3 is 0 Å². The third kappa shape index (κ3) is 3.50. The van der Waals surface area contributed by atoms with Crippen molar-refractivity contribution in [3.05, 3.63) is 29.3 Å². The molecule has 0 aliphatic heterocycles. The van der Waals surface area contributed by atoms with E-state index >= 15 is 0 Å². The maximum atomic E-state index is 4.44. The topological polar surface area (TPSA) is 47.7 Å². The Hall–Kier alpha value is -1.49. The number of hydrogen-bond donors (Lipinski definition) is 1. The summed E-state index contributed by atoms with van der Waals surface area (Å²) < 4.78 is 3.91. The number of nitrogens with zero attached hydrogens (tertiary/aromatic N) is 4. The molecule has 2 rings (SSSR count). The molecular weight excluding hydrogens is 262 g/mol. The fraction of sp³-hybridized carbons (Fsp3) is 0.538. The van der Waals surface area contributed by atoms with E-state index in [4.69, 9.17) is 0 Å². The molecule has 0 saturated carbocycles. The van der Waals surface area contributed by atoms with E-state index in [1.807, 2.05) is 23.2 Å². The minimum absolute atomic E-state index is 0. The van der Waals surface area contributed by atoms with Crippen LogP contribution in [0.4, 0.5) is 5.69 Å². The molecule has 2 heterocycles. The SMILES string of the molecule is CCn1cc(CNc2cn(CC)nc2C)c(C)n1.Cl. The number of hydrogen-bond acceptors (Lipinski definition) is 3. The summed E-state index contributed by atoms with van der Waals surface area (Å²) in [6.45, 7) is 10.9. The van der Waals surface area contributed by atoms with E-state index in [0.717, 1.165) is 36.7 Å². The quantitative estimate of drug-likeness (QED) is 0.918. The number of nitrogens with one attached hydrogen (secondary N) is 1. The van der Waals surface area contributed by atoms with Crippen molar-refractivity contribution in [2.75, 3.05) is 5.32 Å².